The van der Waals surface area contributed by atoms with Crippen molar-refractivity contribution in [2.24, 2.45) is 0 Å². The highest BCUT2D eigenvalue weighted by atomic mass is 28.4. The first kappa shape index (κ1) is 19.9. The summed E-state index contributed by atoms with van der Waals surface area (Å²) in [6.07, 6.45) is 1.92. The third kappa shape index (κ3) is 3.95. The van der Waals surface area contributed by atoms with Crippen molar-refractivity contribution in [3.05, 3.63) is 24.8 Å². The van der Waals surface area contributed by atoms with E-state index in [0.29, 0.717) is 10.1 Å². The predicted octanol–water partition coefficient (Wildman–Crippen LogP) is 6.04. The highest BCUT2D eigenvalue weighted by Gasteiger charge is 2.51. The summed E-state index contributed by atoms with van der Waals surface area (Å²) in [6, 6.07) is 0. The van der Waals surface area contributed by atoms with Crippen LogP contribution in [0.25, 0.3) is 0 Å². The summed E-state index contributed by atoms with van der Waals surface area (Å²) in [5.41, 5.74) is 1.15. The molecule has 0 amide bonds. The Morgan fingerprint density at radius 2 is 1.20 bits per heavy atom. The lowest BCUT2D eigenvalue weighted by atomic mass is 10.2. The number of rotatable bonds is 5. The van der Waals surface area contributed by atoms with Gasteiger partial charge >= 0.3 is 0 Å². The standard InChI is InChI=1S/C17H37NSi2/c1-13-15(2)14-18(19(9,10)16(3,4)5)20(11,12)17(6,7)8/h13H,1-2,14H2,3-12H3. The van der Waals surface area contributed by atoms with Crippen LogP contribution in [0.15, 0.2) is 24.8 Å². The fraction of sp³-hybridized carbons (Fsp3) is 0.765. The normalized spacial score (nSPS) is 14.6. The molecule has 0 saturated heterocycles. The molecule has 0 aromatic heterocycles. The Morgan fingerprint density at radius 3 is 1.40 bits per heavy atom. The molecule has 0 aromatic rings. The molecule has 0 aromatic carbocycles. The zero-order valence-corrected chi connectivity index (χ0v) is 17.6. The van der Waals surface area contributed by atoms with Gasteiger partial charge in [0.2, 0.25) is 0 Å². The van der Waals surface area contributed by atoms with Gasteiger partial charge in [0.25, 0.3) is 0 Å². The van der Waals surface area contributed by atoms with Gasteiger partial charge in [-0.15, -0.1) is 0 Å². The molecule has 0 atom stereocenters. The minimum absolute atomic E-state index is 0.351. The molecule has 0 saturated carbocycles. The van der Waals surface area contributed by atoms with Gasteiger partial charge < -0.3 is 4.23 Å². The smallest absolute Gasteiger partial charge is 0.121 e. The van der Waals surface area contributed by atoms with Crippen molar-refractivity contribution in [3.63, 3.8) is 0 Å². The lowest BCUT2D eigenvalue weighted by Crippen LogP contribution is -2.68. The Labute approximate surface area is 130 Å². The maximum atomic E-state index is 4.19. The third-order valence-corrected chi connectivity index (χ3v) is 19.4. The first-order valence-electron chi connectivity index (χ1n) is 7.67. The topological polar surface area (TPSA) is 3.24 Å². The number of nitrogens with zero attached hydrogens (tertiary/aromatic N) is 1. The van der Waals surface area contributed by atoms with E-state index < -0.39 is 16.5 Å². The zero-order valence-electron chi connectivity index (χ0n) is 15.6. The molecular formula is C17H37NSi2. The molecule has 0 bridgehead atoms. The first-order chi connectivity index (χ1) is 8.59. The van der Waals surface area contributed by atoms with Crippen LogP contribution >= 0.6 is 0 Å². The summed E-state index contributed by atoms with van der Waals surface area (Å²) in [7, 11) is -3.14. The van der Waals surface area contributed by atoms with Gasteiger partial charge in [-0.1, -0.05) is 87.0 Å². The maximum absolute atomic E-state index is 4.19. The Hall–Kier alpha value is -0.126. The summed E-state index contributed by atoms with van der Waals surface area (Å²) >= 11 is 0. The Kier molecular flexibility index (Phi) is 5.90. The van der Waals surface area contributed by atoms with E-state index in [4.69, 9.17) is 0 Å². The molecule has 0 aliphatic rings. The second kappa shape index (κ2) is 5.94. The molecule has 0 fully saturated rings. The molecular weight excluding hydrogens is 274 g/mol. The average molecular weight is 312 g/mol. The second-order valence-corrected chi connectivity index (χ2v) is 19.8. The van der Waals surface area contributed by atoms with Crippen LogP contribution < -0.4 is 0 Å². The van der Waals surface area contributed by atoms with Gasteiger partial charge in [-0.3, -0.25) is 0 Å². The Bertz CT molecular complexity index is 341. The van der Waals surface area contributed by atoms with Gasteiger partial charge in [0.05, 0.1) is 0 Å². The quantitative estimate of drug-likeness (QED) is 0.442. The van der Waals surface area contributed by atoms with Crippen molar-refractivity contribution < 1.29 is 0 Å². The number of hydrogen-bond acceptors (Lipinski definition) is 1. The molecule has 0 heterocycles. The van der Waals surface area contributed by atoms with Gasteiger partial charge in [-0.25, -0.2) is 0 Å². The summed E-state index contributed by atoms with van der Waals surface area (Å²) in [5, 5.41) is 0.702. The summed E-state index contributed by atoms with van der Waals surface area (Å²) in [5.74, 6) is 0. The van der Waals surface area contributed by atoms with Gasteiger partial charge in [0.15, 0.2) is 0 Å². The van der Waals surface area contributed by atoms with Crippen LogP contribution in [0.4, 0.5) is 0 Å². The predicted molar refractivity (Wildman–Crippen MR) is 100 cm³/mol. The van der Waals surface area contributed by atoms with E-state index >= 15 is 0 Å². The summed E-state index contributed by atoms with van der Waals surface area (Å²) in [4.78, 5) is 0. The van der Waals surface area contributed by atoms with E-state index in [-0.39, 0.29) is 0 Å². The second-order valence-electron chi connectivity index (χ2n) is 9.07. The van der Waals surface area contributed by atoms with Crippen LogP contribution in [0, 0.1) is 0 Å². The molecule has 0 radical (unpaired) electrons. The fourth-order valence-corrected chi connectivity index (χ4v) is 12.6. The Morgan fingerprint density at radius 1 is 0.900 bits per heavy atom. The van der Waals surface area contributed by atoms with Crippen molar-refractivity contribution in [2.45, 2.75) is 77.8 Å². The van der Waals surface area contributed by atoms with Crippen LogP contribution in [-0.2, 0) is 0 Å². The van der Waals surface area contributed by atoms with Gasteiger partial charge in [-0.2, -0.15) is 0 Å². The highest BCUT2D eigenvalue weighted by molar-refractivity contribution is 6.93. The molecule has 118 valence electrons. The van der Waals surface area contributed by atoms with Crippen molar-refractivity contribution in [1.82, 2.24) is 4.23 Å². The van der Waals surface area contributed by atoms with Crippen LogP contribution in [0.1, 0.15) is 41.5 Å². The maximum Gasteiger partial charge on any atom is 0.121 e. The van der Waals surface area contributed by atoms with Gasteiger partial charge in [-0.05, 0) is 15.6 Å². The summed E-state index contributed by atoms with van der Waals surface area (Å²) in [6.45, 7) is 33.5. The van der Waals surface area contributed by atoms with E-state index in [1.54, 1.807) is 0 Å². The molecule has 0 N–H and O–H groups in total. The summed E-state index contributed by atoms with van der Waals surface area (Å²) < 4.78 is 2.88. The molecule has 0 rings (SSSR count). The fourth-order valence-electron chi connectivity index (χ4n) is 2.17. The van der Waals surface area contributed by atoms with Crippen LogP contribution in [-0.4, -0.2) is 27.2 Å². The van der Waals surface area contributed by atoms with Crippen LogP contribution in [0.5, 0.6) is 0 Å². The molecule has 0 spiro atoms. The van der Waals surface area contributed by atoms with E-state index in [2.05, 4.69) is 85.1 Å². The van der Waals surface area contributed by atoms with Crippen molar-refractivity contribution in [3.8, 4) is 0 Å². The van der Waals surface area contributed by atoms with E-state index in [0.717, 1.165) is 12.1 Å². The van der Waals surface area contributed by atoms with Gasteiger partial charge in [0.1, 0.15) is 16.5 Å². The van der Waals surface area contributed by atoms with E-state index in [1.807, 2.05) is 6.08 Å². The van der Waals surface area contributed by atoms with Crippen molar-refractivity contribution >= 4 is 16.5 Å². The van der Waals surface area contributed by atoms with E-state index in [9.17, 15) is 0 Å². The SMILES string of the molecule is C=CC(=C)CN([Si](C)(C)C(C)(C)C)[Si](C)(C)C(C)(C)C. The van der Waals surface area contributed by atoms with E-state index in [1.165, 1.54) is 0 Å². The largest absolute Gasteiger partial charge is 0.341 e. The third-order valence-electron chi connectivity index (χ3n) is 5.67. The van der Waals surface area contributed by atoms with Crippen molar-refractivity contribution in [1.29, 1.82) is 0 Å². The molecule has 3 heteroatoms. The minimum atomic E-state index is -1.57. The first-order valence-corrected chi connectivity index (χ1v) is 13.6. The molecule has 0 aliphatic carbocycles. The van der Waals surface area contributed by atoms with Gasteiger partial charge in [0, 0.05) is 6.54 Å². The lowest BCUT2D eigenvalue weighted by molar-refractivity contribution is 0.541. The average Bonchev–Trinajstić information content (AvgIpc) is 2.21. The number of hydrogen-bond donors (Lipinski definition) is 0. The molecule has 0 unspecified atom stereocenters. The molecule has 0 aliphatic heterocycles. The molecule has 20 heavy (non-hydrogen) atoms. The highest BCUT2D eigenvalue weighted by Crippen LogP contribution is 2.47. The monoisotopic (exact) mass is 311 g/mol. The van der Waals surface area contributed by atoms with Crippen molar-refractivity contribution in [2.75, 3.05) is 6.54 Å². The minimum Gasteiger partial charge on any atom is -0.341 e. The Balaban J connectivity index is 5.87. The van der Waals surface area contributed by atoms with Crippen LogP contribution in [0.2, 0.25) is 36.3 Å². The zero-order chi connectivity index (χ0) is 16.6. The lowest BCUT2D eigenvalue weighted by Gasteiger charge is -2.57. The molecule has 1 nitrogen and oxygen atoms in total. The van der Waals surface area contributed by atoms with Crippen LogP contribution in [0.3, 0.4) is 0 Å².